The number of aromatic nitrogens is 1. The van der Waals surface area contributed by atoms with Crippen LogP contribution in [0.5, 0.6) is 0 Å². The molecule has 0 bridgehead atoms. The molecule has 0 atom stereocenters. The van der Waals surface area contributed by atoms with Crippen LogP contribution in [0.1, 0.15) is 36.5 Å². The lowest BCUT2D eigenvalue weighted by atomic mass is 9.97. The Morgan fingerprint density at radius 1 is 1.15 bits per heavy atom. The minimum absolute atomic E-state index is 0.137. The fourth-order valence-corrected chi connectivity index (χ4v) is 3.92. The molecule has 2 aliphatic rings. The molecule has 1 aromatic rings. The molecule has 3 rings (SSSR count). The highest BCUT2D eigenvalue weighted by Gasteiger charge is 2.23. The van der Waals surface area contributed by atoms with Crippen LogP contribution in [0.2, 0.25) is 0 Å². The Kier molecular flexibility index (Phi) is 4.65. The van der Waals surface area contributed by atoms with E-state index in [9.17, 15) is 4.79 Å². The third-order valence-electron chi connectivity index (χ3n) is 4.21. The maximum absolute atomic E-state index is 12.2. The molecule has 0 unspecified atom stereocenters. The van der Waals surface area contributed by atoms with Gasteiger partial charge in [-0.15, -0.1) is 11.3 Å². The van der Waals surface area contributed by atoms with Crippen LogP contribution < -0.4 is 16.0 Å². The van der Waals surface area contributed by atoms with E-state index in [1.165, 1.54) is 17.7 Å². The normalized spacial score (nSPS) is 21.8. The number of rotatable bonds is 3. The predicted molar refractivity (Wildman–Crippen MR) is 81.2 cm³/mol. The molecule has 0 radical (unpaired) electrons. The lowest BCUT2D eigenvalue weighted by molar-refractivity contribution is -0.120. The number of carbonyl (C=O) groups is 1. The van der Waals surface area contributed by atoms with Crippen molar-refractivity contribution in [3.63, 3.8) is 0 Å². The van der Waals surface area contributed by atoms with Crippen molar-refractivity contribution in [1.29, 1.82) is 0 Å². The molecule has 6 heteroatoms. The Morgan fingerprint density at radius 2 is 1.80 bits per heavy atom. The summed E-state index contributed by atoms with van der Waals surface area (Å²) < 4.78 is 0. The van der Waals surface area contributed by atoms with Crippen molar-refractivity contribution in [1.82, 2.24) is 15.6 Å². The molecule has 3 N–H and O–H groups in total. The van der Waals surface area contributed by atoms with Gasteiger partial charge in [0.1, 0.15) is 0 Å². The van der Waals surface area contributed by atoms with Crippen molar-refractivity contribution >= 4 is 22.4 Å². The number of nitrogens with one attached hydrogen (secondary N) is 3. The minimum Gasteiger partial charge on any atom is -0.317 e. The lowest BCUT2D eigenvalue weighted by Gasteiger charge is -2.21. The number of hydrogen-bond donors (Lipinski definition) is 3. The van der Waals surface area contributed by atoms with Crippen LogP contribution >= 0.6 is 11.3 Å². The van der Waals surface area contributed by atoms with Gasteiger partial charge in [0, 0.05) is 17.0 Å². The van der Waals surface area contributed by atoms with Crippen LogP contribution in [0.4, 0.5) is 5.13 Å². The van der Waals surface area contributed by atoms with Gasteiger partial charge in [0.25, 0.3) is 0 Å². The summed E-state index contributed by atoms with van der Waals surface area (Å²) in [4.78, 5) is 17.9. The first-order chi connectivity index (χ1) is 9.83. The molecule has 2 saturated heterocycles. The Morgan fingerprint density at radius 3 is 2.50 bits per heavy atom. The summed E-state index contributed by atoms with van der Waals surface area (Å²) in [6.07, 6.45) is 6.14. The van der Waals surface area contributed by atoms with E-state index in [2.05, 4.69) is 20.9 Å². The molecule has 1 aromatic heterocycles. The van der Waals surface area contributed by atoms with Gasteiger partial charge in [0.05, 0.1) is 0 Å². The molecule has 3 heterocycles. The summed E-state index contributed by atoms with van der Waals surface area (Å²) >= 11 is 1.65. The largest absolute Gasteiger partial charge is 0.317 e. The summed E-state index contributed by atoms with van der Waals surface area (Å²) in [7, 11) is 0. The maximum atomic E-state index is 12.2. The molecule has 0 aliphatic carbocycles. The Balaban J connectivity index is 1.57. The summed E-state index contributed by atoms with van der Waals surface area (Å²) in [6, 6.07) is 0. The average Bonchev–Trinajstić information content (AvgIpc) is 2.97. The van der Waals surface area contributed by atoms with Crippen molar-refractivity contribution in [2.75, 3.05) is 31.5 Å². The molecule has 0 saturated carbocycles. The van der Waals surface area contributed by atoms with Crippen LogP contribution in [0.15, 0.2) is 6.20 Å². The number of thiazole rings is 1. The van der Waals surface area contributed by atoms with E-state index in [1.54, 1.807) is 11.3 Å². The van der Waals surface area contributed by atoms with Gasteiger partial charge in [-0.3, -0.25) is 4.79 Å². The van der Waals surface area contributed by atoms with Gasteiger partial charge in [-0.25, -0.2) is 4.98 Å². The highest BCUT2D eigenvalue weighted by Crippen LogP contribution is 2.32. The predicted octanol–water partition coefficient (Wildman–Crippen LogP) is 1.55. The van der Waals surface area contributed by atoms with E-state index < -0.39 is 0 Å². The third-order valence-corrected chi connectivity index (χ3v) is 5.28. The lowest BCUT2D eigenvalue weighted by Crippen LogP contribution is -2.34. The topological polar surface area (TPSA) is 66.0 Å². The van der Waals surface area contributed by atoms with Gasteiger partial charge in [0.2, 0.25) is 5.91 Å². The second-order valence-corrected chi connectivity index (χ2v) is 6.67. The number of anilines is 1. The van der Waals surface area contributed by atoms with Crippen molar-refractivity contribution in [2.45, 2.75) is 31.6 Å². The summed E-state index contributed by atoms with van der Waals surface area (Å²) in [5, 5.41) is 10.4. The van der Waals surface area contributed by atoms with Crippen LogP contribution in [-0.2, 0) is 4.79 Å². The first-order valence-corrected chi connectivity index (χ1v) is 8.32. The molecule has 0 spiro atoms. The van der Waals surface area contributed by atoms with Crippen molar-refractivity contribution < 1.29 is 4.79 Å². The van der Waals surface area contributed by atoms with Gasteiger partial charge in [0.15, 0.2) is 5.13 Å². The molecular formula is C14H22N4OS. The molecule has 20 heavy (non-hydrogen) atoms. The van der Waals surface area contributed by atoms with Crippen LogP contribution in [0.25, 0.3) is 0 Å². The van der Waals surface area contributed by atoms with Crippen LogP contribution in [0, 0.1) is 5.92 Å². The smallest absolute Gasteiger partial charge is 0.229 e. The van der Waals surface area contributed by atoms with E-state index in [-0.39, 0.29) is 11.8 Å². The van der Waals surface area contributed by atoms with Gasteiger partial charge in [-0.2, -0.15) is 0 Å². The number of piperidine rings is 2. The molecule has 0 aromatic carbocycles. The SMILES string of the molecule is O=C(Nc1ncc(C2CCNCC2)s1)C1CCNCC1. The van der Waals surface area contributed by atoms with E-state index in [0.29, 0.717) is 5.92 Å². The fraction of sp³-hybridized carbons (Fsp3) is 0.714. The van der Waals surface area contributed by atoms with Gasteiger partial charge >= 0.3 is 0 Å². The standard InChI is InChI=1S/C14H22N4OS/c19-13(11-3-7-16-8-4-11)18-14-17-9-12(20-14)10-1-5-15-6-2-10/h9-11,15-16H,1-8H2,(H,17,18,19). The second kappa shape index (κ2) is 6.65. The molecular weight excluding hydrogens is 272 g/mol. The van der Waals surface area contributed by atoms with E-state index in [0.717, 1.165) is 44.2 Å². The molecule has 1 amide bonds. The van der Waals surface area contributed by atoms with Crippen LogP contribution in [-0.4, -0.2) is 37.1 Å². The first-order valence-electron chi connectivity index (χ1n) is 7.51. The van der Waals surface area contributed by atoms with E-state index >= 15 is 0 Å². The number of hydrogen-bond acceptors (Lipinski definition) is 5. The van der Waals surface area contributed by atoms with Crippen molar-refractivity contribution in [2.24, 2.45) is 5.92 Å². The summed E-state index contributed by atoms with van der Waals surface area (Å²) in [5.74, 6) is 0.887. The molecule has 2 aliphatic heterocycles. The quantitative estimate of drug-likeness (QED) is 0.791. The zero-order valence-electron chi connectivity index (χ0n) is 11.7. The van der Waals surface area contributed by atoms with Crippen LogP contribution in [0.3, 0.4) is 0 Å². The summed E-state index contributed by atoms with van der Waals surface area (Å²) in [6.45, 7) is 4.05. The molecule has 5 nitrogen and oxygen atoms in total. The van der Waals surface area contributed by atoms with Gasteiger partial charge in [-0.1, -0.05) is 0 Å². The Hall–Kier alpha value is -0.980. The zero-order valence-corrected chi connectivity index (χ0v) is 12.5. The highest BCUT2D eigenvalue weighted by molar-refractivity contribution is 7.15. The second-order valence-electron chi connectivity index (χ2n) is 5.61. The zero-order chi connectivity index (χ0) is 13.8. The van der Waals surface area contributed by atoms with E-state index in [1.807, 2.05) is 6.20 Å². The number of amides is 1. The van der Waals surface area contributed by atoms with Gasteiger partial charge < -0.3 is 16.0 Å². The molecule has 110 valence electrons. The van der Waals surface area contributed by atoms with Gasteiger partial charge in [-0.05, 0) is 57.8 Å². The Bertz CT molecular complexity index is 450. The Labute approximate surface area is 123 Å². The average molecular weight is 294 g/mol. The highest BCUT2D eigenvalue weighted by atomic mass is 32.1. The minimum atomic E-state index is 0.137. The maximum Gasteiger partial charge on any atom is 0.229 e. The fourth-order valence-electron chi connectivity index (χ4n) is 2.93. The summed E-state index contributed by atoms with van der Waals surface area (Å²) in [5.41, 5.74) is 0. The first kappa shape index (κ1) is 14.0. The number of carbonyl (C=O) groups excluding carboxylic acids is 1. The third kappa shape index (κ3) is 3.37. The van der Waals surface area contributed by atoms with Crippen molar-refractivity contribution in [3.05, 3.63) is 11.1 Å². The number of nitrogens with zero attached hydrogens (tertiary/aromatic N) is 1. The molecule has 2 fully saturated rings. The van der Waals surface area contributed by atoms with E-state index in [4.69, 9.17) is 0 Å². The monoisotopic (exact) mass is 294 g/mol. The van der Waals surface area contributed by atoms with Crippen molar-refractivity contribution in [3.8, 4) is 0 Å².